The Morgan fingerprint density at radius 3 is 2.03 bits per heavy atom. The van der Waals surface area contributed by atoms with E-state index in [1.807, 2.05) is 0 Å². The van der Waals surface area contributed by atoms with Crippen LogP contribution in [0, 0.1) is 0 Å². The van der Waals surface area contributed by atoms with Gasteiger partial charge in [0.2, 0.25) is 5.91 Å². The molecular weight excluding hydrogens is 406 g/mol. The maximum Gasteiger partial charge on any atom is 0.343 e. The van der Waals surface area contributed by atoms with Crippen LogP contribution in [0.5, 0.6) is 11.5 Å². The van der Waals surface area contributed by atoms with Gasteiger partial charge in [-0.05, 0) is 55.3 Å². The molecule has 0 fully saturated rings. The van der Waals surface area contributed by atoms with Crippen LogP contribution in [-0.4, -0.2) is 35.7 Å². The second-order valence-electron chi connectivity index (χ2n) is 7.90. The van der Waals surface area contributed by atoms with Gasteiger partial charge in [-0.2, -0.15) is 0 Å². The highest BCUT2D eigenvalue weighted by atomic mass is 16.5. The van der Waals surface area contributed by atoms with Crippen LogP contribution in [0.15, 0.2) is 48.5 Å². The van der Waals surface area contributed by atoms with Crippen molar-refractivity contribution in [1.29, 1.82) is 0 Å². The molecule has 0 aliphatic rings. The molecule has 2 aromatic rings. The molecule has 2 rings (SSSR count). The lowest BCUT2D eigenvalue weighted by atomic mass is 10.2. The number of ketones is 1. The molecule has 32 heavy (non-hydrogen) atoms. The molecule has 0 heterocycles. The molecule has 1 amide bonds. The number of carbonyl (C=O) groups is 3. The Labute approximate surface area is 190 Å². The maximum atomic E-state index is 12.4. The average Bonchev–Trinajstić information content (AvgIpc) is 2.77. The first-order valence-corrected chi connectivity index (χ1v) is 11.2. The molecule has 0 unspecified atom stereocenters. The molecule has 0 aliphatic carbocycles. The van der Waals surface area contributed by atoms with Gasteiger partial charge in [0.05, 0.1) is 18.7 Å². The third kappa shape index (κ3) is 8.92. The van der Waals surface area contributed by atoms with E-state index in [2.05, 4.69) is 6.92 Å². The number of hydrogen-bond donors (Lipinski definition) is 0. The quantitative estimate of drug-likeness (QED) is 0.244. The monoisotopic (exact) mass is 439 g/mol. The predicted octanol–water partition coefficient (Wildman–Crippen LogP) is 5.19. The van der Waals surface area contributed by atoms with Gasteiger partial charge in [0, 0.05) is 13.5 Å². The Bertz CT molecular complexity index is 874. The van der Waals surface area contributed by atoms with Crippen molar-refractivity contribution >= 4 is 17.7 Å². The fraction of sp³-hybridized carbons (Fsp3) is 0.423. The fourth-order valence-corrected chi connectivity index (χ4v) is 3.18. The number of hydrogen-bond acceptors (Lipinski definition) is 5. The highest BCUT2D eigenvalue weighted by Gasteiger charge is 2.13. The molecule has 0 radical (unpaired) electrons. The summed E-state index contributed by atoms with van der Waals surface area (Å²) in [6.45, 7) is 6.15. The van der Waals surface area contributed by atoms with Gasteiger partial charge < -0.3 is 14.4 Å². The molecule has 2 aromatic carbocycles. The molecule has 0 N–H and O–H groups in total. The average molecular weight is 440 g/mol. The van der Waals surface area contributed by atoms with E-state index >= 15 is 0 Å². The van der Waals surface area contributed by atoms with Crippen molar-refractivity contribution in [3.63, 3.8) is 0 Å². The summed E-state index contributed by atoms with van der Waals surface area (Å²) in [6.07, 6.45) is 5.91. The number of ether oxygens (including phenoxy) is 2. The number of rotatable bonds is 13. The predicted molar refractivity (Wildman–Crippen MR) is 124 cm³/mol. The van der Waals surface area contributed by atoms with E-state index in [1.165, 1.54) is 44.4 Å². The summed E-state index contributed by atoms with van der Waals surface area (Å²) in [4.78, 5) is 36.9. The SMILES string of the molecule is CCCCCCCOc1ccc(C(=O)Oc2ccc(CN(CC(C)=O)C(C)=O)cc2)cc1. The van der Waals surface area contributed by atoms with Gasteiger partial charge in [-0.3, -0.25) is 9.59 Å². The standard InChI is InChI=1S/C26H33NO5/c1-4-5-6-7-8-17-31-24-15-11-23(12-16-24)26(30)32-25-13-9-22(10-14-25)19-27(21(3)29)18-20(2)28/h9-16H,4-8,17-19H2,1-3H3. The molecule has 0 saturated carbocycles. The Morgan fingerprint density at radius 2 is 1.44 bits per heavy atom. The number of nitrogens with zero attached hydrogens (tertiary/aromatic N) is 1. The molecule has 172 valence electrons. The van der Waals surface area contributed by atoms with Gasteiger partial charge in [-0.1, -0.05) is 44.7 Å². The molecule has 0 aliphatic heterocycles. The van der Waals surface area contributed by atoms with Crippen molar-refractivity contribution in [2.24, 2.45) is 0 Å². The second kappa shape index (κ2) is 13.3. The minimum atomic E-state index is -0.453. The van der Waals surface area contributed by atoms with Crippen LogP contribution < -0.4 is 9.47 Å². The number of benzene rings is 2. The number of carbonyl (C=O) groups excluding carboxylic acids is 3. The number of amides is 1. The first kappa shape index (κ1) is 25.1. The fourth-order valence-electron chi connectivity index (χ4n) is 3.18. The molecule has 0 atom stereocenters. The summed E-state index contributed by atoms with van der Waals surface area (Å²) >= 11 is 0. The van der Waals surface area contributed by atoms with Gasteiger partial charge in [0.25, 0.3) is 0 Å². The van der Waals surface area contributed by atoms with Crippen molar-refractivity contribution in [1.82, 2.24) is 4.90 Å². The maximum absolute atomic E-state index is 12.4. The van der Waals surface area contributed by atoms with Crippen molar-refractivity contribution in [3.8, 4) is 11.5 Å². The van der Waals surface area contributed by atoms with Gasteiger partial charge in [-0.25, -0.2) is 4.79 Å². The van der Waals surface area contributed by atoms with Crippen LogP contribution in [-0.2, 0) is 16.1 Å². The smallest absolute Gasteiger partial charge is 0.343 e. The highest BCUT2D eigenvalue weighted by Crippen LogP contribution is 2.18. The van der Waals surface area contributed by atoms with E-state index in [1.54, 1.807) is 48.5 Å². The van der Waals surface area contributed by atoms with Crippen LogP contribution >= 0.6 is 0 Å². The highest BCUT2D eigenvalue weighted by molar-refractivity contribution is 5.91. The summed E-state index contributed by atoms with van der Waals surface area (Å²) in [6, 6.07) is 13.8. The van der Waals surface area contributed by atoms with Crippen LogP contribution in [0.25, 0.3) is 0 Å². The Kier molecular flexibility index (Phi) is 10.4. The van der Waals surface area contributed by atoms with E-state index in [9.17, 15) is 14.4 Å². The normalized spacial score (nSPS) is 10.5. The lowest BCUT2D eigenvalue weighted by Gasteiger charge is -2.19. The van der Waals surface area contributed by atoms with Crippen LogP contribution in [0.4, 0.5) is 0 Å². The lowest BCUT2D eigenvalue weighted by molar-refractivity contribution is -0.133. The molecule has 0 bridgehead atoms. The van der Waals surface area contributed by atoms with E-state index < -0.39 is 5.97 Å². The van der Waals surface area contributed by atoms with Crippen LogP contribution in [0.3, 0.4) is 0 Å². The summed E-state index contributed by atoms with van der Waals surface area (Å²) in [5.74, 6) is 0.452. The lowest BCUT2D eigenvalue weighted by Crippen LogP contribution is -2.32. The zero-order chi connectivity index (χ0) is 23.3. The summed E-state index contributed by atoms with van der Waals surface area (Å²) in [5.41, 5.74) is 1.28. The zero-order valence-corrected chi connectivity index (χ0v) is 19.3. The molecule has 0 spiro atoms. The van der Waals surface area contributed by atoms with Gasteiger partial charge >= 0.3 is 5.97 Å². The first-order valence-electron chi connectivity index (χ1n) is 11.2. The van der Waals surface area contributed by atoms with Crippen molar-refractivity contribution in [2.75, 3.05) is 13.2 Å². The third-order valence-electron chi connectivity index (χ3n) is 4.97. The van der Waals surface area contributed by atoms with Crippen LogP contribution in [0.2, 0.25) is 0 Å². The van der Waals surface area contributed by atoms with Gasteiger partial charge in [0.15, 0.2) is 0 Å². The summed E-state index contributed by atoms with van der Waals surface area (Å²) in [7, 11) is 0. The molecule has 6 heteroatoms. The Morgan fingerprint density at radius 1 is 0.812 bits per heavy atom. The minimum absolute atomic E-state index is 0.0740. The van der Waals surface area contributed by atoms with Crippen molar-refractivity contribution < 1.29 is 23.9 Å². The van der Waals surface area contributed by atoms with E-state index in [0.29, 0.717) is 24.5 Å². The minimum Gasteiger partial charge on any atom is -0.494 e. The second-order valence-corrected chi connectivity index (χ2v) is 7.90. The van der Waals surface area contributed by atoms with Crippen LogP contribution in [0.1, 0.15) is 68.8 Å². The van der Waals surface area contributed by atoms with E-state index in [4.69, 9.17) is 9.47 Å². The molecule has 0 saturated heterocycles. The topological polar surface area (TPSA) is 72.9 Å². The summed E-state index contributed by atoms with van der Waals surface area (Å²) in [5, 5.41) is 0. The van der Waals surface area contributed by atoms with Gasteiger partial charge in [0.1, 0.15) is 17.3 Å². The first-order chi connectivity index (χ1) is 15.4. The molecular formula is C26H33NO5. The largest absolute Gasteiger partial charge is 0.494 e. The number of esters is 1. The molecule has 0 aromatic heterocycles. The molecule has 6 nitrogen and oxygen atoms in total. The third-order valence-corrected chi connectivity index (χ3v) is 4.97. The van der Waals surface area contributed by atoms with Crippen molar-refractivity contribution in [3.05, 3.63) is 59.7 Å². The number of unbranched alkanes of at least 4 members (excludes halogenated alkanes) is 4. The summed E-state index contributed by atoms with van der Waals surface area (Å²) < 4.78 is 11.2. The van der Waals surface area contributed by atoms with Gasteiger partial charge in [-0.15, -0.1) is 0 Å². The van der Waals surface area contributed by atoms with Crippen molar-refractivity contribution in [2.45, 2.75) is 59.4 Å². The Hall–Kier alpha value is -3.15. The Balaban J connectivity index is 1.84. The van der Waals surface area contributed by atoms with E-state index in [-0.39, 0.29) is 18.2 Å². The van der Waals surface area contributed by atoms with E-state index in [0.717, 1.165) is 17.7 Å². The number of Topliss-reactive ketones (excluding diaryl/α,β-unsaturated/α-hetero) is 1. The zero-order valence-electron chi connectivity index (χ0n) is 19.3.